The van der Waals surface area contributed by atoms with Crippen LogP contribution in [0.1, 0.15) is 30.3 Å². The lowest BCUT2D eigenvalue weighted by Crippen LogP contribution is -2.46. The van der Waals surface area contributed by atoms with Crippen molar-refractivity contribution in [1.29, 1.82) is 0 Å². The fourth-order valence-electron chi connectivity index (χ4n) is 2.49. The van der Waals surface area contributed by atoms with Crippen molar-refractivity contribution in [3.05, 3.63) is 24.2 Å². The van der Waals surface area contributed by atoms with Crippen LogP contribution in [0.3, 0.4) is 0 Å². The average molecular weight is 279 g/mol. The van der Waals surface area contributed by atoms with E-state index in [1.807, 2.05) is 0 Å². The van der Waals surface area contributed by atoms with Gasteiger partial charge in [0.1, 0.15) is 0 Å². The number of likely N-dealkylation sites (N-methyl/N-ethyl adjacent to an activating group) is 1. The van der Waals surface area contributed by atoms with Crippen molar-refractivity contribution in [2.24, 2.45) is 0 Å². The van der Waals surface area contributed by atoms with E-state index in [0.29, 0.717) is 12.3 Å². The Labute approximate surface area is 120 Å². The molecule has 0 atom stereocenters. The number of amides is 1. The van der Waals surface area contributed by atoms with Crippen LogP contribution in [0.15, 0.2) is 22.8 Å². The lowest BCUT2D eigenvalue weighted by atomic mass is 10.2. The number of carbonyl (C=O) groups excluding carboxylic acids is 1. The first-order valence-corrected chi connectivity index (χ1v) is 7.56. The molecule has 0 unspecified atom stereocenters. The van der Waals surface area contributed by atoms with Crippen LogP contribution in [0.25, 0.3) is 0 Å². The van der Waals surface area contributed by atoms with Gasteiger partial charge in [0.05, 0.1) is 6.26 Å². The van der Waals surface area contributed by atoms with Gasteiger partial charge in [-0.05, 0) is 38.1 Å². The number of furan rings is 1. The summed E-state index contributed by atoms with van der Waals surface area (Å²) in [4.78, 5) is 16.6. The number of carbonyl (C=O) groups is 1. The SMILES string of the molecule is CCN1CCN(CCCCNC(=O)c2ccco2)CC1. The minimum absolute atomic E-state index is 0.119. The van der Waals surface area contributed by atoms with E-state index in [-0.39, 0.29) is 5.91 Å². The Morgan fingerprint density at radius 1 is 1.25 bits per heavy atom. The van der Waals surface area contributed by atoms with Crippen molar-refractivity contribution in [1.82, 2.24) is 15.1 Å². The number of hydrogen-bond donors (Lipinski definition) is 1. The van der Waals surface area contributed by atoms with Crippen LogP contribution in [-0.4, -0.2) is 61.5 Å². The van der Waals surface area contributed by atoms with Crippen molar-refractivity contribution < 1.29 is 9.21 Å². The van der Waals surface area contributed by atoms with Crippen molar-refractivity contribution >= 4 is 5.91 Å². The number of unbranched alkanes of at least 4 members (excludes halogenated alkanes) is 1. The third-order valence-corrected chi connectivity index (χ3v) is 3.84. The molecule has 0 aliphatic carbocycles. The molecule has 1 aromatic heterocycles. The predicted octanol–water partition coefficient (Wildman–Crippen LogP) is 1.43. The second-order valence-corrected chi connectivity index (χ2v) is 5.22. The van der Waals surface area contributed by atoms with Crippen molar-refractivity contribution in [2.75, 3.05) is 45.8 Å². The van der Waals surface area contributed by atoms with E-state index in [2.05, 4.69) is 22.0 Å². The van der Waals surface area contributed by atoms with Crippen LogP contribution in [0, 0.1) is 0 Å². The fourth-order valence-corrected chi connectivity index (χ4v) is 2.49. The molecule has 5 nitrogen and oxygen atoms in total. The smallest absolute Gasteiger partial charge is 0.286 e. The van der Waals surface area contributed by atoms with Crippen LogP contribution < -0.4 is 5.32 Å². The first kappa shape index (κ1) is 15.1. The first-order valence-electron chi connectivity index (χ1n) is 7.56. The van der Waals surface area contributed by atoms with Gasteiger partial charge in [0.15, 0.2) is 5.76 Å². The number of rotatable bonds is 7. The van der Waals surface area contributed by atoms with Gasteiger partial charge in [-0.3, -0.25) is 4.79 Å². The maximum absolute atomic E-state index is 11.6. The highest BCUT2D eigenvalue weighted by atomic mass is 16.3. The summed E-state index contributed by atoms with van der Waals surface area (Å²) in [6.45, 7) is 9.95. The second kappa shape index (κ2) is 8.07. The normalized spacial score (nSPS) is 17.2. The molecule has 1 aliphatic rings. The second-order valence-electron chi connectivity index (χ2n) is 5.22. The molecule has 0 spiro atoms. The summed E-state index contributed by atoms with van der Waals surface area (Å²) < 4.78 is 5.04. The maximum Gasteiger partial charge on any atom is 0.286 e. The number of nitrogens with one attached hydrogen (secondary N) is 1. The van der Waals surface area contributed by atoms with Crippen LogP contribution in [-0.2, 0) is 0 Å². The minimum Gasteiger partial charge on any atom is -0.459 e. The van der Waals surface area contributed by atoms with Gasteiger partial charge in [-0.25, -0.2) is 0 Å². The largest absolute Gasteiger partial charge is 0.459 e. The van der Waals surface area contributed by atoms with E-state index in [1.54, 1.807) is 12.1 Å². The Morgan fingerprint density at radius 3 is 2.65 bits per heavy atom. The van der Waals surface area contributed by atoms with Crippen LogP contribution in [0.2, 0.25) is 0 Å². The summed E-state index contributed by atoms with van der Waals surface area (Å²) >= 11 is 0. The molecule has 1 amide bonds. The fraction of sp³-hybridized carbons (Fsp3) is 0.667. The first-order chi connectivity index (χ1) is 9.79. The molecule has 112 valence electrons. The summed E-state index contributed by atoms with van der Waals surface area (Å²) in [7, 11) is 0. The standard InChI is InChI=1S/C15H25N3O2/c1-2-17-9-11-18(12-10-17)8-4-3-7-16-15(19)14-6-5-13-20-14/h5-6,13H,2-4,7-12H2,1H3,(H,16,19). The highest BCUT2D eigenvalue weighted by molar-refractivity contribution is 5.91. The third-order valence-electron chi connectivity index (χ3n) is 3.84. The molecule has 0 aromatic carbocycles. The lowest BCUT2D eigenvalue weighted by Gasteiger charge is -2.33. The van der Waals surface area contributed by atoms with E-state index < -0.39 is 0 Å². The Bertz CT molecular complexity index is 384. The summed E-state index contributed by atoms with van der Waals surface area (Å²) in [5, 5.41) is 2.88. The highest BCUT2D eigenvalue weighted by Crippen LogP contribution is 2.03. The van der Waals surface area contributed by atoms with Gasteiger partial charge >= 0.3 is 0 Å². The third kappa shape index (κ3) is 4.65. The predicted molar refractivity (Wildman–Crippen MR) is 78.8 cm³/mol. The number of nitrogens with zero attached hydrogens (tertiary/aromatic N) is 2. The van der Waals surface area contributed by atoms with E-state index in [4.69, 9.17) is 4.42 Å². The quantitative estimate of drug-likeness (QED) is 0.767. The molecule has 0 radical (unpaired) electrons. The van der Waals surface area contributed by atoms with E-state index in [1.165, 1.54) is 32.4 Å². The molecule has 1 fully saturated rings. The summed E-state index contributed by atoms with van der Waals surface area (Å²) in [6, 6.07) is 3.41. The average Bonchev–Trinajstić information content (AvgIpc) is 3.01. The summed E-state index contributed by atoms with van der Waals surface area (Å²) in [6.07, 6.45) is 3.66. The lowest BCUT2D eigenvalue weighted by molar-refractivity contribution is 0.0924. The van der Waals surface area contributed by atoms with Crippen LogP contribution >= 0.6 is 0 Å². The van der Waals surface area contributed by atoms with Gasteiger partial charge < -0.3 is 19.5 Å². The molecule has 0 saturated carbocycles. The van der Waals surface area contributed by atoms with Crippen LogP contribution in [0.4, 0.5) is 0 Å². The molecule has 0 bridgehead atoms. The zero-order valence-electron chi connectivity index (χ0n) is 12.3. The molecule has 2 rings (SSSR count). The topological polar surface area (TPSA) is 48.7 Å². The Kier molecular flexibility index (Phi) is 6.08. The van der Waals surface area contributed by atoms with E-state index >= 15 is 0 Å². The molecule has 5 heteroatoms. The molecule has 1 N–H and O–H groups in total. The Hall–Kier alpha value is -1.33. The Morgan fingerprint density at radius 2 is 2.00 bits per heavy atom. The van der Waals surface area contributed by atoms with Gasteiger partial charge in [0.2, 0.25) is 0 Å². The monoisotopic (exact) mass is 279 g/mol. The summed E-state index contributed by atoms with van der Waals surface area (Å²) in [5.41, 5.74) is 0. The molecule has 1 aromatic rings. The van der Waals surface area contributed by atoms with Gasteiger partial charge in [0, 0.05) is 32.7 Å². The van der Waals surface area contributed by atoms with Gasteiger partial charge in [-0.2, -0.15) is 0 Å². The molecular formula is C15H25N3O2. The molecule has 2 heterocycles. The van der Waals surface area contributed by atoms with Gasteiger partial charge in [-0.1, -0.05) is 6.92 Å². The minimum atomic E-state index is -0.119. The van der Waals surface area contributed by atoms with Gasteiger partial charge in [0.25, 0.3) is 5.91 Å². The molecular weight excluding hydrogens is 254 g/mol. The van der Waals surface area contributed by atoms with Gasteiger partial charge in [-0.15, -0.1) is 0 Å². The van der Waals surface area contributed by atoms with Crippen molar-refractivity contribution in [3.8, 4) is 0 Å². The van der Waals surface area contributed by atoms with Crippen molar-refractivity contribution in [3.63, 3.8) is 0 Å². The van der Waals surface area contributed by atoms with Crippen molar-refractivity contribution in [2.45, 2.75) is 19.8 Å². The zero-order chi connectivity index (χ0) is 14.2. The Balaban J connectivity index is 1.51. The molecule has 20 heavy (non-hydrogen) atoms. The molecule has 1 saturated heterocycles. The van der Waals surface area contributed by atoms with E-state index in [0.717, 1.165) is 25.9 Å². The summed E-state index contributed by atoms with van der Waals surface area (Å²) in [5.74, 6) is 0.271. The zero-order valence-corrected chi connectivity index (χ0v) is 12.3. The van der Waals surface area contributed by atoms with Crippen LogP contribution in [0.5, 0.6) is 0 Å². The number of piperazine rings is 1. The van der Waals surface area contributed by atoms with E-state index in [9.17, 15) is 4.79 Å². The molecule has 1 aliphatic heterocycles. The maximum atomic E-state index is 11.6. The number of hydrogen-bond acceptors (Lipinski definition) is 4. The highest BCUT2D eigenvalue weighted by Gasteiger charge is 2.14.